The molecule has 0 bridgehead atoms. The van der Waals surface area contributed by atoms with Crippen LogP contribution in [0.1, 0.15) is 232 Å². The number of methoxy groups -OCH3 is 1. The van der Waals surface area contributed by atoms with Gasteiger partial charge in [-0.05, 0) is 171 Å². The maximum absolute atomic E-state index is 11.0. The summed E-state index contributed by atoms with van der Waals surface area (Å²) in [5.74, 6) is 4.94. The van der Waals surface area contributed by atoms with Crippen LogP contribution in [0.3, 0.4) is 0 Å². The minimum Gasteiger partial charge on any atom is -0.506 e. The SMILES string of the molecule is CC(C)c1ccc[nH]c1=O.CC(C)c1ncccc1O.COc1ccnc(C(C)C)c1.Cc1ccc(C(C)C)nc1.Cc1cccc(C(C)C)n1.Cc1cccc(C(C)C)n1.Cc1cccnc1C(C)C.Cc1ccnc(C(C)C)c1. The van der Waals surface area contributed by atoms with Gasteiger partial charge in [0.2, 0.25) is 0 Å². The first-order valence-corrected chi connectivity index (χ1v) is 28.6. The van der Waals surface area contributed by atoms with Crippen molar-refractivity contribution in [1.29, 1.82) is 0 Å². The highest BCUT2D eigenvalue weighted by Crippen LogP contribution is 2.22. The smallest absolute Gasteiger partial charge is 0.251 e. The number of aromatic nitrogens is 8. The standard InChI is InChI=1S/C9H13NO.5C9H13N.2C8H11NO/c1-7(2)9-6-8(11-3)4-5-10-9;1-7(2)9-6-8(3)4-5-10-9;1-7(2)9-5-4-8(3)6-10-9;1-7(2)9-8(3)5-4-6-10-9;2*1-7(2)9-6-4-5-8(3)10-9;1-6(2)8-7(10)4-3-5-9-8;1-6(2)7-4-3-5-9-8(7)10/h4-7H,1-3H3;5*4-7H,1-3H3;3-6,10H,1-2H3;3-6H,1-2H3,(H,9,10). The molecule has 0 saturated heterocycles. The van der Waals surface area contributed by atoms with Gasteiger partial charge in [0.05, 0.1) is 12.8 Å². The van der Waals surface area contributed by atoms with Crippen LogP contribution in [0.15, 0.2) is 151 Å². The Kier molecular flexibility index (Phi) is 34.5. The molecule has 0 unspecified atom stereocenters. The molecule has 11 nitrogen and oxygen atoms in total. The van der Waals surface area contributed by atoms with Crippen LogP contribution in [0.5, 0.6) is 11.5 Å². The molecule has 2 N–H and O–H groups in total. The van der Waals surface area contributed by atoms with E-state index in [1.165, 1.54) is 45.2 Å². The number of rotatable bonds is 9. The number of hydrogen-bond acceptors (Lipinski definition) is 10. The highest BCUT2D eigenvalue weighted by molar-refractivity contribution is 5.27. The lowest BCUT2D eigenvalue weighted by molar-refractivity contribution is 0.413. The van der Waals surface area contributed by atoms with Gasteiger partial charge in [0, 0.05) is 94.4 Å². The Hall–Kier alpha value is -7.40. The molecule has 8 heterocycles. The second-order valence-corrected chi connectivity index (χ2v) is 22.4. The molecule has 438 valence electrons. The Morgan fingerprint density at radius 3 is 1.26 bits per heavy atom. The molecule has 0 amide bonds. The lowest BCUT2D eigenvalue weighted by Crippen LogP contribution is -2.11. The van der Waals surface area contributed by atoms with Crippen molar-refractivity contribution in [3.8, 4) is 11.5 Å². The number of aromatic hydroxyl groups is 1. The first-order valence-electron chi connectivity index (χ1n) is 28.6. The summed E-state index contributed by atoms with van der Waals surface area (Å²) < 4.78 is 5.07. The summed E-state index contributed by atoms with van der Waals surface area (Å²) >= 11 is 0. The molecule has 81 heavy (non-hydrogen) atoms. The molecular formula is C70H100N8O3. The summed E-state index contributed by atoms with van der Waals surface area (Å²) in [6.07, 6.45) is 10.7. The van der Waals surface area contributed by atoms with Crippen LogP contribution in [0, 0.1) is 34.6 Å². The lowest BCUT2D eigenvalue weighted by Gasteiger charge is -2.05. The molecule has 8 rings (SSSR count). The van der Waals surface area contributed by atoms with Crippen LogP contribution < -0.4 is 10.3 Å². The zero-order valence-electron chi connectivity index (χ0n) is 53.4. The highest BCUT2D eigenvalue weighted by atomic mass is 16.5. The van der Waals surface area contributed by atoms with Crippen LogP contribution in [0.2, 0.25) is 0 Å². The molecule has 0 fully saturated rings. The van der Waals surface area contributed by atoms with Crippen molar-refractivity contribution in [3.05, 3.63) is 230 Å². The number of aromatic amines is 1. The van der Waals surface area contributed by atoms with Crippen molar-refractivity contribution in [2.24, 2.45) is 0 Å². The fraction of sp³-hybridized carbons (Fsp3) is 0.429. The van der Waals surface area contributed by atoms with E-state index in [-0.39, 0.29) is 11.3 Å². The number of nitrogens with zero attached hydrogens (tertiary/aromatic N) is 7. The molecule has 8 aromatic rings. The zero-order chi connectivity index (χ0) is 61.2. The molecular weight excluding hydrogens is 1000 g/mol. The van der Waals surface area contributed by atoms with Gasteiger partial charge < -0.3 is 14.8 Å². The van der Waals surface area contributed by atoms with Gasteiger partial charge in [-0.3, -0.25) is 39.7 Å². The predicted octanol–water partition coefficient (Wildman–Crippen LogP) is 18.2. The van der Waals surface area contributed by atoms with E-state index in [1.807, 2.05) is 109 Å². The Bertz CT molecular complexity index is 2830. The minimum absolute atomic E-state index is 0.0255. The molecule has 0 aromatic carbocycles. The zero-order valence-corrected chi connectivity index (χ0v) is 53.4. The number of nitrogens with one attached hydrogen (secondary N) is 1. The van der Waals surface area contributed by atoms with Crippen LogP contribution in [-0.4, -0.2) is 52.1 Å². The maximum Gasteiger partial charge on any atom is 0.251 e. The molecule has 0 aliphatic carbocycles. The van der Waals surface area contributed by atoms with Gasteiger partial charge in [0.25, 0.3) is 5.56 Å². The van der Waals surface area contributed by atoms with Gasteiger partial charge in [-0.15, -0.1) is 0 Å². The first kappa shape index (κ1) is 71.6. The third kappa shape index (κ3) is 30.1. The van der Waals surface area contributed by atoms with Gasteiger partial charge in [0.15, 0.2) is 0 Å². The van der Waals surface area contributed by atoms with E-state index in [4.69, 9.17) is 4.74 Å². The van der Waals surface area contributed by atoms with E-state index in [0.29, 0.717) is 47.3 Å². The van der Waals surface area contributed by atoms with Crippen LogP contribution >= 0.6 is 0 Å². The topological polar surface area (TPSA) is 153 Å². The van der Waals surface area contributed by atoms with E-state index in [1.54, 1.807) is 37.8 Å². The largest absolute Gasteiger partial charge is 0.506 e. The van der Waals surface area contributed by atoms with Crippen molar-refractivity contribution in [3.63, 3.8) is 0 Å². The normalized spacial score (nSPS) is 10.3. The van der Waals surface area contributed by atoms with E-state index in [9.17, 15) is 9.90 Å². The second-order valence-electron chi connectivity index (χ2n) is 22.4. The van der Waals surface area contributed by atoms with E-state index in [0.717, 1.165) is 34.1 Å². The van der Waals surface area contributed by atoms with Gasteiger partial charge >= 0.3 is 0 Å². The quantitative estimate of drug-likeness (QED) is 0.143. The number of aryl methyl sites for hydroxylation is 5. The van der Waals surface area contributed by atoms with E-state index >= 15 is 0 Å². The van der Waals surface area contributed by atoms with Gasteiger partial charge in [0.1, 0.15) is 11.5 Å². The summed E-state index contributed by atoms with van der Waals surface area (Å²) in [6, 6.07) is 35.6. The van der Waals surface area contributed by atoms with Crippen molar-refractivity contribution < 1.29 is 9.84 Å². The Labute approximate surface area is 489 Å². The lowest BCUT2D eigenvalue weighted by atomic mass is 10.1. The van der Waals surface area contributed by atoms with E-state index < -0.39 is 0 Å². The summed E-state index contributed by atoms with van der Waals surface area (Å²) in [6.45, 7) is 44.1. The summed E-state index contributed by atoms with van der Waals surface area (Å²) in [4.78, 5) is 43.4. The number of ether oxygens (including phenoxy) is 1. The van der Waals surface area contributed by atoms with Crippen LogP contribution in [0.4, 0.5) is 0 Å². The Balaban J connectivity index is 0.000000463. The molecule has 0 aliphatic heterocycles. The molecule has 0 atom stereocenters. The average Bonchev–Trinajstić information content (AvgIpc) is 3.42. The average molecular weight is 1100 g/mol. The second kappa shape index (κ2) is 39.1. The van der Waals surface area contributed by atoms with Gasteiger partial charge in [-0.2, -0.15) is 0 Å². The van der Waals surface area contributed by atoms with Crippen molar-refractivity contribution in [1.82, 2.24) is 39.9 Å². The minimum atomic E-state index is 0.0255. The predicted molar refractivity (Wildman–Crippen MR) is 341 cm³/mol. The molecule has 0 saturated carbocycles. The van der Waals surface area contributed by atoms with Crippen LogP contribution in [-0.2, 0) is 0 Å². The highest BCUT2D eigenvalue weighted by Gasteiger charge is 2.06. The molecule has 0 radical (unpaired) electrons. The van der Waals surface area contributed by atoms with Crippen molar-refractivity contribution >= 4 is 0 Å². The fourth-order valence-electron chi connectivity index (χ4n) is 7.18. The summed E-state index contributed by atoms with van der Waals surface area (Å²) in [5.41, 5.74) is 14.7. The summed E-state index contributed by atoms with van der Waals surface area (Å²) in [7, 11) is 1.67. The monoisotopic (exact) mass is 1100 g/mol. The number of H-pyrrole nitrogens is 1. The Morgan fingerprint density at radius 2 is 0.914 bits per heavy atom. The molecule has 0 aliphatic rings. The molecule has 11 heteroatoms. The third-order valence-electron chi connectivity index (χ3n) is 12.1. The Morgan fingerprint density at radius 1 is 0.420 bits per heavy atom. The van der Waals surface area contributed by atoms with Crippen LogP contribution in [0.25, 0.3) is 0 Å². The van der Waals surface area contributed by atoms with Gasteiger partial charge in [-0.25, -0.2) is 0 Å². The first-order chi connectivity index (χ1) is 38.2. The maximum atomic E-state index is 11.0. The van der Waals surface area contributed by atoms with Crippen molar-refractivity contribution in [2.75, 3.05) is 7.11 Å². The summed E-state index contributed by atoms with van der Waals surface area (Å²) in [5, 5.41) is 9.22. The molecule has 0 spiro atoms. The fourth-order valence-corrected chi connectivity index (χ4v) is 7.18. The molecule has 8 aromatic heterocycles. The number of pyridine rings is 8. The third-order valence-corrected chi connectivity index (χ3v) is 12.1. The van der Waals surface area contributed by atoms with E-state index in [2.05, 4.69) is 192 Å². The number of hydrogen-bond donors (Lipinski definition) is 2. The van der Waals surface area contributed by atoms with Crippen molar-refractivity contribution in [2.45, 2.75) is 193 Å². The van der Waals surface area contributed by atoms with Gasteiger partial charge in [-0.1, -0.05) is 141 Å².